The lowest BCUT2D eigenvalue weighted by atomic mass is 10.3. The van der Waals surface area contributed by atoms with Crippen molar-refractivity contribution in [2.24, 2.45) is 5.84 Å². The molecule has 1 aromatic rings. The standard InChI is InChI=1S/C5H9N5OS/c1-12-5-2(4(11)8-7)3(6)9-10-5/h7H2,1H3,(H,8,11)(H3,6,9,10). The number of anilines is 1. The van der Waals surface area contributed by atoms with Crippen LogP contribution in [0.1, 0.15) is 10.4 Å². The van der Waals surface area contributed by atoms with Gasteiger partial charge >= 0.3 is 0 Å². The van der Waals surface area contributed by atoms with Crippen LogP contribution >= 0.6 is 11.8 Å². The molecule has 0 aliphatic heterocycles. The van der Waals surface area contributed by atoms with E-state index in [0.29, 0.717) is 10.6 Å². The van der Waals surface area contributed by atoms with Crippen LogP contribution in [0.15, 0.2) is 5.03 Å². The molecule has 0 atom stereocenters. The van der Waals surface area contributed by atoms with Gasteiger partial charge in [0, 0.05) is 0 Å². The number of nitrogen functional groups attached to an aromatic ring is 2. The monoisotopic (exact) mass is 187 g/mol. The predicted molar refractivity (Wildman–Crippen MR) is 46.4 cm³/mol. The highest BCUT2D eigenvalue weighted by Crippen LogP contribution is 2.21. The van der Waals surface area contributed by atoms with Gasteiger partial charge in [-0.3, -0.25) is 15.3 Å². The minimum Gasteiger partial charge on any atom is -0.383 e. The zero-order chi connectivity index (χ0) is 9.14. The number of carbonyl (C=O) groups excluding carboxylic acids is 1. The molecule has 7 heteroatoms. The Kier molecular flexibility index (Phi) is 2.56. The lowest BCUT2D eigenvalue weighted by Crippen LogP contribution is -2.30. The number of nitrogens with zero attached hydrogens (tertiary/aromatic N) is 1. The van der Waals surface area contributed by atoms with E-state index in [4.69, 9.17) is 11.6 Å². The van der Waals surface area contributed by atoms with Crippen molar-refractivity contribution in [3.05, 3.63) is 5.56 Å². The van der Waals surface area contributed by atoms with Crippen molar-refractivity contribution in [1.29, 1.82) is 0 Å². The first kappa shape index (κ1) is 8.88. The van der Waals surface area contributed by atoms with E-state index in [9.17, 15) is 4.79 Å². The summed E-state index contributed by atoms with van der Waals surface area (Å²) >= 11 is 1.32. The van der Waals surface area contributed by atoms with Crippen LogP contribution < -0.4 is 17.0 Å². The van der Waals surface area contributed by atoms with Crippen molar-refractivity contribution >= 4 is 23.5 Å². The fourth-order valence-corrected chi connectivity index (χ4v) is 1.32. The first-order chi connectivity index (χ1) is 5.70. The number of hydrogen-bond donors (Lipinski definition) is 4. The number of amides is 1. The van der Waals surface area contributed by atoms with Crippen molar-refractivity contribution < 1.29 is 4.79 Å². The van der Waals surface area contributed by atoms with E-state index in [-0.39, 0.29) is 5.82 Å². The number of H-pyrrole nitrogens is 1. The summed E-state index contributed by atoms with van der Waals surface area (Å²) < 4.78 is 0. The zero-order valence-corrected chi connectivity index (χ0v) is 7.23. The second kappa shape index (κ2) is 3.46. The molecular formula is C5H9N5OS. The first-order valence-corrected chi connectivity index (χ1v) is 4.32. The van der Waals surface area contributed by atoms with Crippen molar-refractivity contribution in [1.82, 2.24) is 15.6 Å². The summed E-state index contributed by atoms with van der Waals surface area (Å²) in [4.78, 5) is 11.1. The normalized spacial score (nSPS) is 9.83. The van der Waals surface area contributed by atoms with E-state index in [0.717, 1.165) is 0 Å². The van der Waals surface area contributed by atoms with Gasteiger partial charge in [0.15, 0.2) is 0 Å². The Morgan fingerprint density at radius 1 is 1.75 bits per heavy atom. The molecule has 12 heavy (non-hydrogen) atoms. The van der Waals surface area contributed by atoms with Gasteiger partial charge in [0.05, 0.1) is 0 Å². The SMILES string of the molecule is CSc1n[nH]c(N)c1C(=O)NN. The van der Waals surface area contributed by atoms with Gasteiger partial charge in [-0.2, -0.15) is 5.10 Å². The second-order valence-corrected chi connectivity index (χ2v) is 2.79. The molecule has 0 bridgehead atoms. The first-order valence-electron chi connectivity index (χ1n) is 3.09. The number of nitrogens with one attached hydrogen (secondary N) is 2. The van der Waals surface area contributed by atoms with E-state index in [1.165, 1.54) is 11.8 Å². The summed E-state index contributed by atoms with van der Waals surface area (Å²) in [5.74, 6) is 4.73. The molecule has 0 aliphatic carbocycles. The third-order valence-corrected chi connectivity index (χ3v) is 1.99. The molecule has 6 N–H and O–H groups in total. The Labute approximate surface area is 73.0 Å². The molecule has 0 radical (unpaired) electrons. The molecule has 0 aliphatic rings. The van der Waals surface area contributed by atoms with Crippen molar-refractivity contribution in [2.45, 2.75) is 5.03 Å². The fourth-order valence-electron chi connectivity index (χ4n) is 0.777. The molecule has 66 valence electrons. The number of thioether (sulfide) groups is 1. The Bertz CT molecular complexity index is 296. The van der Waals surface area contributed by atoms with Crippen LogP contribution in [0.5, 0.6) is 0 Å². The molecule has 0 fully saturated rings. The van der Waals surface area contributed by atoms with Crippen molar-refractivity contribution in [3.8, 4) is 0 Å². The summed E-state index contributed by atoms with van der Waals surface area (Å²) in [5, 5.41) is 6.83. The van der Waals surface area contributed by atoms with Crippen LogP contribution in [0.25, 0.3) is 0 Å². The highest BCUT2D eigenvalue weighted by atomic mass is 32.2. The maximum absolute atomic E-state index is 11.1. The van der Waals surface area contributed by atoms with Gasteiger partial charge < -0.3 is 5.73 Å². The van der Waals surface area contributed by atoms with Gasteiger partial charge in [-0.05, 0) is 6.26 Å². The van der Waals surface area contributed by atoms with E-state index in [2.05, 4.69) is 10.2 Å². The maximum Gasteiger partial charge on any atom is 0.271 e. The van der Waals surface area contributed by atoms with Crippen LogP contribution in [-0.2, 0) is 0 Å². The van der Waals surface area contributed by atoms with Gasteiger partial charge in [-0.15, -0.1) is 11.8 Å². The highest BCUT2D eigenvalue weighted by molar-refractivity contribution is 7.98. The molecule has 0 spiro atoms. The van der Waals surface area contributed by atoms with Gasteiger partial charge in [0.2, 0.25) is 0 Å². The Hall–Kier alpha value is -1.21. The van der Waals surface area contributed by atoms with E-state index < -0.39 is 5.91 Å². The molecule has 0 saturated carbocycles. The molecule has 0 saturated heterocycles. The highest BCUT2D eigenvalue weighted by Gasteiger charge is 2.16. The molecule has 6 nitrogen and oxygen atoms in total. The summed E-state index contributed by atoms with van der Waals surface area (Å²) in [6, 6.07) is 0. The Morgan fingerprint density at radius 2 is 2.42 bits per heavy atom. The third kappa shape index (κ3) is 1.36. The number of carbonyl (C=O) groups is 1. The lowest BCUT2D eigenvalue weighted by Gasteiger charge is -1.98. The number of rotatable bonds is 2. The summed E-state index contributed by atoms with van der Waals surface area (Å²) in [7, 11) is 0. The zero-order valence-electron chi connectivity index (χ0n) is 6.42. The van der Waals surface area contributed by atoms with Gasteiger partial charge in [-0.25, -0.2) is 5.84 Å². The molecule has 1 aromatic heterocycles. The molecule has 0 unspecified atom stereocenters. The number of nitrogens with two attached hydrogens (primary N) is 2. The minimum atomic E-state index is -0.439. The molecule has 1 rings (SSSR count). The van der Waals surface area contributed by atoms with E-state index in [1.54, 1.807) is 6.26 Å². The summed E-state index contributed by atoms with van der Waals surface area (Å²) in [5.41, 5.74) is 7.73. The van der Waals surface area contributed by atoms with Crippen LogP contribution in [-0.4, -0.2) is 22.4 Å². The van der Waals surface area contributed by atoms with Crippen LogP contribution in [0.2, 0.25) is 0 Å². The molecular weight excluding hydrogens is 178 g/mol. The fraction of sp³-hybridized carbons (Fsp3) is 0.200. The smallest absolute Gasteiger partial charge is 0.271 e. The predicted octanol–water partition coefficient (Wildman–Crippen LogP) is -0.683. The Balaban J connectivity index is 3.10. The number of aromatic amines is 1. The van der Waals surface area contributed by atoms with Gasteiger partial charge in [-0.1, -0.05) is 0 Å². The van der Waals surface area contributed by atoms with E-state index >= 15 is 0 Å². The number of hydrogen-bond acceptors (Lipinski definition) is 5. The minimum absolute atomic E-state index is 0.224. The second-order valence-electron chi connectivity index (χ2n) is 2.00. The lowest BCUT2D eigenvalue weighted by molar-refractivity contribution is 0.0951. The quantitative estimate of drug-likeness (QED) is 0.212. The third-order valence-electron chi connectivity index (χ3n) is 1.31. The number of aromatic nitrogens is 2. The number of hydrazine groups is 1. The molecule has 1 heterocycles. The average molecular weight is 187 g/mol. The van der Waals surface area contributed by atoms with Crippen LogP contribution in [0, 0.1) is 0 Å². The van der Waals surface area contributed by atoms with E-state index in [1.807, 2.05) is 5.43 Å². The molecule has 0 aromatic carbocycles. The van der Waals surface area contributed by atoms with Crippen molar-refractivity contribution in [2.75, 3.05) is 12.0 Å². The van der Waals surface area contributed by atoms with Crippen LogP contribution in [0.3, 0.4) is 0 Å². The average Bonchev–Trinajstić information content (AvgIpc) is 2.45. The summed E-state index contributed by atoms with van der Waals surface area (Å²) in [6.07, 6.45) is 1.79. The Morgan fingerprint density at radius 3 is 2.92 bits per heavy atom. The van der Waals surface area contributed by atoms with Gasteiger partial charge in [0.25, 0.3) is 5.91 Å². The topological polar surface area (TPSA) is 110 Å². The van der Waals surface area contributed by atoms with Crippen LogP contribution in [0.4, 0.5) is 5.82 Å². The van der Waals surface area contributed by atoms with Gasteiger partial charge in [0.1, 0.15) is 16.4 Å². The molecule has 1 amide bonds. The van der Waals surface area contributed by atoms with Crippen molar-refractivity contribution in [3.63, 3.8) is 0 Å². The maximum atomic E-state index is 11.1. The summed E-state index contributed by atoms with van der Waals surface area (Å²) in [6.45, 7) is 0. The largest absolute Gasteiger partial charge is 0.383 e.